The number of quaternary nitrogens is 1. The fraction of sp³-hybridized carbons (Fsp3) is 0.333. The average Bonchev–Trinajstić information content (AvgIpc) is 2.56. The van der Waals surface area contributed by atoms with Crippen LogP contribution in [0.4, 0.5) is 10.5 Å². The zero-order valence-electron chi connectivity index (χ0n) is 10.2. The molecule has 1 aliphatic heterocycles. The lowest BCUT2D eigenvalue weighted by Gasteiger charge is -2.24. The van der Waals surface area contributed by atoms with Crippen LogP contribution >= 0.6 is 0 Å². The molecule has 17 heavy (non-hydrogen) atoms. The third-order valence-corrected chi connectivity index (χ3v) is 2.35. The smallest absolute Gasteiger partial charge is 0.411 e. The Kier molecular flexibility index (Phi) is 2.52. The van der Waals surface area contributed by atoms with Crippen LogP contribution in [0.2, 0.25) is 0 Å². The molecule has 1 amide bonds. The summed E-state index contributed by atoms with van der Waals surface area (Å²) in [5.74, 6) is 5.99. The molecule has 0 unspecified atom stereocenters. The number of hydrogen-bond acceptors (Lipinski definition) is 4. The number of benzene rings is 1. The number of para-hydroxylation sites is 1. The second kappa shape index (κ2) is 3.65. The van der Waals surface area contributed by atoms with E-state index in [4.69, 9.17) is 10.6 Å². The number of hydrogen-bond donors (Lipinski definition) is 1. The van der Waals surface area contributed by atoms with E-state index in [0.717, 1.165) is 5.56 Å². The Labute approximate surface area is 100 Å². The lowest BCUT2D eigenvalue weighted by Crippen LogP contribution is -2.56. The highest BCUT2D eigenvalue weighted by molar-refractivity contribution is 5.97. The minimum absolute atomic E-state index is 0.585. The number of carbonyl (C=O) groups excluding carboxylic acids is 1. The van der Waals surface area contributed by atoms with Gasteiger partial charge in [-0.3, -0.25) is 0 Å². The first kappa shape index (κ1) is 11.8. The lowest BCUT2D eigenvalue weighted by atomic mass is 10.2. The molecule has 90 valence electrons. The summed E-state index contributed by atoms with van der Waals surface area (Å²) in [7, 11) is 0. The van der Waals surface area contributed by atoms with Crippen LogP contribution in [0.1, 0.15) is 26.3 Å². The summed E-state index contributed by atoms with van der Waals surface area (Å²) in [4.78, 5) is 12.1. The number of amides is 1. The molecule has 1 aromatic carbocycles. The number of nitrogens with zero attached hydrogens (tertiary/aromatic N) is 2. The molecule has 0 fully saturated rings. The summed E-state index contributed by atoms with van der Waals surface area (Å²) >= 11 is 0. The van der Waals surface area contributed by atoms with Crippen LogP contribution in [0.15, 0.2) is 29.4 Å². The van der Waals surface area contributed by atoms with Crippen molar-refractivity contribution >= 4 is 18.0 Å². The van der Waals surface area contributed by atoms with Gasteiger partial charge in [0.2, 0.25) is 0 Å². The Morgan fingerprint density at radius 2 is 2.00 bits per heavy atom. The van der Waals surface area contributed by atoms with E-state index < -0.39 is 16.4 Å². The summed E-state index contributed by atoms with van der Waals surface area (Å²) in [6.45, 7) is 5.38. The van der Waals surface area contributed by atoms with E-state index in [1.807, 2.05) is 18.2 Å². The molecule has 0 aromatic heterocycles. The first-order chi connectivity index (χ1) is 7.83. The van der Waals surface area contributed by atoms with Crippen LogP contribution in [-0.4, -0.2) is 17.9 Å². The maximum Gasteiger partial charge on any atom is 0.570 e. The van der Waals surface area contributed by atoms with Gasteiger partial charge in [-0.2, -0.15) is 4.79 Å². The van der Waals surface area contributed by atoms with Gasteiger partial charge in [0, 0.05) is 10.8 Å². The van der Waals surface area contributed by atoms with Gasteiger partial charge in [0.1, 0.15) is 5.60 Å². The Bertz CT molecular complexity index is 491. The molecule has 5 nitrogen and oxygen atoms in total. The molecule has 0 aliphatic carbocycles. The van der Waals surface area contributed by atoms with Gasteiger partial charge >= 0.3 is 6.09 Å². The Morgan fingerprint density at radius 1 is 1.35 bits per heavy atom. The standard InChI is InChI=1S/C12H16N3O2/c1-12(2,3)17-11(16)15(13)10-7-5-4-6-9(10)8-14-15/h4-8H,13H2,1-3H3/q+1/t15-/m0/s1. The minimum Gasteiger partial charge on any atom is -0.411 e. The van der Waals surface area contributed by atoms with Crippen LogP contribution < -0.4 is 10.5 Å². The monoisotopic (exact) mass is 234 g/mol. The molecular weight excluding hydrogens is 218 g/mol. The quantitative estimate of drug-likeness (QED) is 0.425. The molecule has 2 N–H and O–H groups in total. The largest absolute Gasteiger partial charge is 0.570 e. The zero-order valence-corrected chi connectivity index (χ0v) is 10.2. The molecule has 0 saturated heterocycles. The van der Waals surface area contributed by atoms with Crippen molar-refractivity contribution in [3.05, 3.63) is 29.8 Å². The van der Waals surface area contributed by atoms with Crippen molar-refractivity contribution in [2.45, 2.75) is 26.4 Å². The van der Waals surface area contributed by atoms with E-state index in [2.05, 4.69) is 5.10 Å². The minimum atomic E-state index is -0.673. The van der Waals surface area contributed by atoms with Crippen molar-refractivity contribution < 1.29 is 9.53 Å². The van der Waals surface area contributed by atoms with Crippen LogP contribution in [0.25, 0.3) is 0 Å². The van der Waals surface area contributed by atoms with Crippen molar-refractivity contribution in [2.75, 3.05) is 0 Å². The van der Waals surface area contributed by atoms with Crippen molar-refractivity contribution in [3.63, 3.8) is 0 Å². The van der Waals surface area contributed by atoms with Crippen molar-refractivity contribution in [1.29, 1.82) is 0 Å². The van der Waals surface area contributed by atoms with E-state index in [1.54, 1.807) is 33.1 Å². The van der Waals surface area contributed by atoms with Gasteiger partial charge < -0.3 is 4.74 Å². The number of fused-ring (bicyclic) bond motifs is 1. The van der Waals surface area contributed by atoms with Gasteiger partial charge in [-0.05, 0) is 26.8 Å². The van der Waals surface area contributed by atoms with Crippen molar-refractivity contribution in [1.82, 2.24) is 4.70 Å². The first-order valence-corrected chi connectivity index (χ1v) is 5.39. The summed E-state index contributed by atoms with van der Waals surface area (Å²) in [5, 5.41) is 4.04. The van der Waals surface area contributed by atoms with Crippen molar-refractivity contribution in [2.24, 2.45) is 10.9 Å². The highest BCUT2D eigenvalue weighted by Gasteiger charge is 2.46. The number of rotatable bonds is 0. The molecule has 0 radical (unpaired) electrons. The number of ether oxygens (including phenoxy) is 1. The maximum absolute atomic E-state index is 12.1. The maximum atomic E-state index is 12.1. The van der Waals surface area contributed by atoms with Gasteiger partial charge in [0.15, 0.2) is 5.69 Å². The predicted molar refractivity (Wildman–Crippen MR) is 66.3 cm³/mol. The summed E-state index contributed by atoms with van der Waals surface area (Å²) in [5.41, 5.74) is 0.872. The Hall–Kier alpha value is -1.72. The third kappa shape index (κ3) is 2.07. The molecule has 1 aromatic rings. The highest BCUT2D eigenvalue weighted by atomic mass is 16.6. The first-order valence-electron chi connectivity index (χ1n) is 5.39. The van der Waals surface area contributed by atoms with Gasteiger partial charge in [-0.15, -0.1) is 5.84 Å². The summed E-state index contributed by atoms with van der Waals surface area (Å²) in [6.07, 6.45) is 0.998. The number of nitrogens with two attached hydrogens (primary N) is 1. The summed E-state index contributed by atoms with van der Waals surface area (Å²) in [6, 6.07) is 7.32. The Balaban J connectivity index is 2.34. The van der Waals surface area contributed by atoms with Crippen LogP contribution in [0.3, 0.4) is 0 Å². The fourth-order valence-corrected chi connectivity index (χ4v) is 1.60. The molecule has 1 atom stereocenters. The topological polar surface area (TPSA) is 64.7 Å². The molecule has 2 rings (SSSR count). The molecule has 5 heteroatoms. The lowest BCUT2D eigenvalue weighted by molar-refractivity contribution is 0.0271. The van der Waals surface area contributed by atoms with Crippen LogP contribution in [-0.2, 0) is 4.74 Å². The van der Waals surface area contributed by atoms with E-state index in [9.17, 15) is 4.79 Å². The molecule has 1 aliphatic rings. The highest BCUT2D eigenvalue weighted by Crippen LogP contribution is 2.30. The Morgan fingerprint density at radius 3 is 2.65 bits per heavy atom. The van der Waals surface area contributed by atoms with E-state index in [-0.39, 0.29) is 0 Å². The van der Waals surface area contributed by atoms with E-state index in [0.29, 0.717) is 5.69 Å². The van der Waals surface area contributed by atoms with Gasteiger partial charge in [0.05, 0.1) is 11.8 Å². The number of carbonyl (C=O) groups is 1. The van der Waals surface area contributed by atoms with Gasteiger partial charge in [0.25, 0.3) is 0 Å². The zero-order chi connectivity index (χ0) is 12.7. The fourth-order valence-electron chi connectivity index (χ4n) is 1.60. The average molecular weight is 234 g/mol. The molecule has 0 spiro atoms. The molecule has 0 saturated carbocycles. The SMILES string of the molecule is CC(C)(C)OC(=O)[N@@+]1(N)N=Cc2ccccc21. The second-order valence-corrected chi connectivity index (χ2v) is 4.97. The predicted octanol–water partition coefficient (Wildman–Crippen LogP) is 2.15. The molecule has 1 heterocycles. The second-order valence-electron chi connectivity index (χ2n) is 4.97. The van der Waals surface area contributed by atoms with Gasteiger partial charge in [-0.1, -0.05) is 17.2 Å². The van der Waals surface area contributed by atoms with Crippen LogP contribution in [0, 0.1) is 0 Å². The van der Waals surface area contributed by atoms with Gasteiger partial charge in [-0.25, -0.2) is 0 Å². The van der Waals surface area contributed by atoms with Crippen LogP contribution in [0.5, 0.6) is 0 Å². The third-order valence-electron chi connectivity index (χ3n) is 2.35. The van der Waals surface area contributed by atoms with E-state index in [1.165, 1.54) is 0 Å². The van der Waals surface area contributed by atoms with E-state index >= 15 is 0 Å². The van der Waals surface area contributed by atoms with Crippen molar-refractivity contribution in [3.8, 4) is 0 Å². The normalized spacial score (nSPS) is 22.4. The molecule has 0 bridgehead atoms. The molecular formula is C12H16N3O2+. The summed E-state index contributed by atoms with van der Waals surface area (Å²) < 4.78 is 4.60.